The van der Waals surface area contributed by atoms with Gasteiger partial charge in [0.05, 0.1) is 17.1 Å². The zero-order valence-corrected chi connectivity index (χ0v) is 16.6. The summed E-state index contributed by atoms with van der Waals surface area (Å²) in [6, 6.07) is 10.7. The number of methoxy groups -OCH3 is 1. The first-order valence-corrected chi connectivity index (χ1v) is 9.12. The molecule has 0 bridgehead atoms. The first-order chi connectivity index (χ1) is 14.5. The van der Waals surface area contributed by atoms with Gasteiger partial charge in [-0.2, -0.15) is 4.98 Å². The molecule has 3 aromatic rings. The Labute approximate surface area is 175 Å². The molecule has 1 N–H and O–H groups in total. The number of nitro groups is 1. The summed E-state index contributed by atoms with van der Waals surface area (Å²) in [5.41, 5.74) is 0.846. The molecule has 0 atom stereocenters. The molecule has 156 valence electrons. The van der Waals surface area contributed by atoms with Gasteiger partial charge >= 0.3 is 5.97 Å². The molecule has 0 aliphatic rings. The minimum absolute atomic E-state index is 0.0118. The van der Waals surface area contributed by atoms with Gasteiger partial charge in [0.2, 0.25) is 5.82 Å². The molecule has 0 saturated carbocycles. The van der Waals surface area contributed by atoms with Crippen molar-refractivity contribution in [2.24, 2.45) is 0 Å². The Morgan fingerprint density at radius 2 is 2.03 bits per heavy atom. The lowest BCUT2D eigenvalue weighted by Crippen LogP contribution is -2.13. The van der Waals surface area contributed by atoms with Crippen LogP contribution < -0.4 is 5.32 Å². The molecular formula is C19H17ClN4O6. The van der Waals surface area contributed by atoms with Crippen molar-refractivity contribution in [3.05, 3.63) is 69.1 Å². The summed E-state index contributed by atoms with van der Waals surface area (Å²) < 4.78 is 15.3. The van der Waals surface area contributed by atoms with Gasteiger partial charge in [-0.15, -0.1) is 0 Å². The number of nitro benzene ring substituents is 1. The number of carbonyl (C=O) groups excluding carboxylic acids is 1. The predicted octanol–water partition coefficient (Wildman–Crippen LogP) is 3.71. The first kappa shape index (κ1) is 21.2. The maximum absolute atomic E-state index is 12.5. The minimum atomic E-state index is -0.773. The zero-order valence-electron chi connectivity index (χ0n) is 15.8. The molecule has 10 nitrogen and oxygen atoms in total. The van der Waals surface area contributed by atoms with E-state index < -0.39 is 10.9 Å². The van der Waals surface area contributed by atoms with Crippen LogP contribution in [0.3, 0.4) is 0 Å². The molecule has 3 rings (SSSR count). The average Bonchev–Trinajstić information content (AvgIpc) is 3.22. The van der Waals surface area contributed by atoms with Crippen molar-refractivity contribution in [1.82, 2.24) is 10.1 Å². The summed E-state index contributed by atoms with van der Waals surface area (Å²) in [5.74, 6) is -0.382. The van der Waals surface area contributed by atoms with E-state index in [9.17, 15) is 14.9 Å². The molecular weight excluding hydrogens is 416 g/mol. The van der Waals surface area contributed by atoms with Crippen molar-refractivity contribution in [3.8, 4) is 11.4 Å². The van der Waals surface area contributed by atoms with Crippen LogP contribution in [-0.2, 0) is 16.1 Å². The van der Waals surface area contributed by atoms with Crippen molar-refractivity contribution >= 4 is 28.9 Å². The van der Waals surface area contributed by atoms with E-state index in [2.05, 4.69) is 15.5 Å². The van der Waals surface area contributed by atoms with E-state index in [4.69, 9.17) is 25.6 Å². The fourth-order valence-corrected chi connectivity index (χ4v) is 2.62. The van der Waals surface area contributed by atoms with Crippen LogP contribution in [0.2, 0.25) is 5.02 Å². The van der Waals surface area contributed by atoms with Crippen molar-refractivity contribution < 1.29 is 23.7 Å². The van der Waals surface area contributed by atoms with Gasteiger partial charge < -0.3 is 19.3 Å². The van der Waals surface area contributed by atoms with Gasteiger partial charge in [-0.25, -0.2) is 4.79 Å². The number of halogens is 1. The van der Waals surface area contributed by atoms with E-state index in [1.54, 1.807) is 24.3 Å². The highest BCUT2D eigenvalue weighted by molar-refractivity contribution is 6.30. The summed E-state index contributed by atoms with van der Waals surface area (Å²) in [7, 11) is 1.54. The van der Waals surface area contributed by atoms with E-state index in [1.807, 2.05) is 0 Å². The SMILES string of the molecule is COCCNc1ccc([N+](=O)[O-])cc1C(=O)OCc1nc(-c2ccc(Cl)cc2)no1. The minimum Gasteiger partial charge on any atom is -0.452 e. The fourth-order valence-electron chi connectivity index (χ4n) is 2.49. The Hall–Kier alpha value is -3.50. The summed E-state index contributed by atoms with van der Waals surface area (Å²) in [5, 5.41) is 18.4. The van der Waals surface area contributed by atoms with Crippen molar-refractivity contribution in [1.29, 1.82) is 0 Å². The van der Waals surface area contributed by atoms with Gasteiger partial charge in [0.15, 0.2) is 6.61 Å². The molecule has 0 aliphatic heterocycles. The average molecular weight is 433 g/mol. The summed E-state index contributed by atoms with van der Waals surface area (Å²) in [6.45, 7) is 0.503. The Balaban J connectivity index is 1.71. The smallest absolute Gasteiger partial charge is 0.341 e. The highest BCUT2D eigenvalue weighted by Crippen LogP contribution is 2.24. The third-order valence-electron chi connectivity index (χ3n) is 3.95. The molecule has 11 heteroatoms. The molecule has 0 aliphatic carbocycles. The zero-order chi connectivity index (χ0) is 21.5. The largest absolute Gasteiger partial charge is 0.452 e. The van der Waals surface area contributed by atoms with Gasteiger partial charge in [0.1, 0.15) is 0 Å². The van der Waals surface area contributed by atoms with E-state index in [1.165, 1.54) is 19.2 Å². The van der Waals surface area contributed by atoms with E-state index in [0.29, 0.717) is 35.2 Å². The monoisotopic (exact) mass is 432 g/mol. The van der Waals surface area contributed by atoms with Crippen LogP contribution in [0.15, 0.2) is 47.0 Å². The molecule has 0 spiro atoms. The van der Waals surface area contributed by atoms with E-state index in [-0.39, 0.29) is 23.7 Å². The molecule has 2 aromatic carbocycles. The second-order valence-corrected chi connectivity index (χ2v) is 6.44. The molecule has 1 heterocycles. The topological polar surface area (TPSA) is 130 Å². The molecule has 0 fully saturated rings. The van der Waals surface area contributed by atoms with Gasteiger partial charge in [0.25, 0.3) is 11.6 Å². The lowest BCUT2D eigenvalue weighted by molar-refractivity contribution is -0.384. The van der Waals surface area contributed by atoms with Crippen LogP contribution in [0.25, 0.3) is 11.4 Å². The Bertz CT molecular complexity index is 1040. The number of nitrogens with one attached hydrogen (secondary N) is 1. The summed E-state index contributed by atoms with van der Waals surface area (Å²) in [4.78, 5) is 27.2. The normalized spacial score (nSPS) is 10.6. The number of benzene rings is 2. The van der Waals surface area contributed by atoms with Gasteiger partial charge in [-0.3, -0.25) is 10.1 Å². The number of rotatable bonds is 9. The molecule has 1 aromatic heterocycles. The number of hydrogen-bond donors (Lipinski definition) is 1. The Kier molecular flexibility index (Phi) is 6.94. The second-order valence-electron chi connectivity index (χ2n) is 6.00. The second kappa shape index (κ2) is 9.81. The van der Waals surface area contributed by atoms with Crippen LogP contribution in [0.4, 0.5) is 11.4 Å². The number of non-ortho nitro benzene ring substituents is 1. The molecule has 0 unspecified atom stereocenters. The van der Waals surface area contributed by atoms with Crippen LogP contribution in [0.1, 0.15) is 16.2 Å². The maximum atomic E-state index is 12.5. The molecule has 30 heavy (non-hydrogen) atoms. The third-order valence-corrected chi connectivity index (χ3v) is 4.20. The van der Waals surface area contributed by atoms with Crippen LogP contribution in [0, 0.1) is 10.1 Å². The van der Waals surface area contributed by atoms with E-state index in [0.717, 1.165) is 6.07 Å². The van der Waals surface area contributed by atoms with Crippen molar-refractivity contribution in [3.63, 3.8) is 0 Å². The van der Waals surface area contributed by atoms with Crippen LogP contribution in [-0.4, -0.2) is 41.3 Å². The number of hydrogen-bond acceptors (Lipinski definition) is 9. The van der Waals surface area contributed by atoms with Gasteiger partial charge in [-0.05, 0) is 30.3 Å². The number of nitrogens with zero attached hydrogens (tertiary/aromatic N) is 3. The quantitative estimate of drug-likeness (QED) is 0.232. The highest BCUT2D eigenvalue weighted by atomic mass is 35.5. The predicted molar refractivity (Wildman–Crippen MR) is 107 cm³/mol. The molecule has 0 radical (unpaired) electrons. The third kappa shape index (κ3) is 5.31. The standard InChI is InChI=1S/C19H17ClN4O6/c1-28-9-8-21-16-7-6-14(24(26)27)10-15(16)19(25)29-11-17-22-18(23-30-17)12-2-4-13(20)5-3-12/h2-7,10,21H,8-9,11H2,1H3. The number of carbonyl (C=O) groups is 1. The van der Waals surface area contributed by atoms with Crippen molar-refractivity contribution in [2.75, 3.05) is 25.6 Å². The lowest BCUT2D eigenvalue weighted by atomic mass is 10.1. The van der Waals surface area contributed by atoms with Gasteiger partial charge in [0, 0.05) is 42.1 Å². The summed E-state index contributed by atoms with van der Waals surface area (Å²) in [6.07, 6.45) is 0. The lowest BCUT2D eigenvalue weighted by Gasteiger charge is -2.11. The number of anilines is 1. The fraction of sp³-hybridized carbons (Fsp3) is 0.211. The summed E-state index contributed by atoms with van der Waals surface area (Å²) >= 11 is 5.85. The Morgan fingerprint density at radius 3 is 2.73 bits per heavy atom. The first-order valence-electron chi connectivity index (χ1n) is 8.75. The number of ether oxygens (including phenoxy) is 2. The number of aromatic nitrogens is 2. The molecule has 0 saturated heterocycles. The Morgan fingerprint density at radius 1 is 1.27 bits per heavy atom. The number of esters is 1. The van der Waals surface area contributed by atoms with Gasteiger partial charge in [-0.1, -0.05) is 16.8 Å². The molecule has 0 amide bonds. The maximum Gasteiger partial charge on any atom is 0.341 e. The van der Waals surface area contributed by atoms with Crippen molar-refractivity contribution in [2.45, 2.75) is 6.61 Å². The highest BCUT2D eigenvalue weighted by Gasteiger charge is 2.19. The van der Waals surface area contributed by atoms with Crippen LogP contribution >= 0.6 is 11.6 Å². The van der Waals surface area contributed by atoms with Crippen LogP contribution in [0.5, 0.6) is 0 Å². The van der Waals surface area contributed by atoms with E-state index >= 15 is 0 Å².